The summed E-state index contributed by atoms with van der Waals surface area (Å²) in [6, 6.07) is 11.2. The van der Waals surface area contributed by atoms with Gasteiger partial charge in [0.05, 0.1) is 6.54 Å². The molecule has 0 radical (unpaired) electrons. The summed E-state index contributed by atoms with van der Waals surface area (Å²) < 4.78 is 13.5. The fourth-order valence-corrected chi connectivity index (χ4v) is 3.01. The average molecular weight is 319 g/mol. The highest BCUT2D eigenvalue weighted by molar-refractivity contribution is 7.11. The number of aryl methyl sites for hydroxylation is 1. The van der Waals surface area contributed by atoms with Gasteiger partial charge >= 0.3 is 0 Å². The first-order chi connectivity index (χ1) is 10.7. The second-order valence-electron chi connectivity index (χ2n) is 4.92. The lowest BCUT2D eigenvalue weighted by molar-refractivity contribution is 0.607. The number of hydrogen-bond acceptors (Lipinski definition) is 2. The van der Waals surface area contributed by atoms with E-state index in [2.05, 4.69) is 34.7 Å². The number of halogens is 1. The van der Waals surface area contributed by atoms with E-state index in [1.165, 1.54) is 15.8 Å². The van der Waals surface area contributed by atoms with E-state index in [1.807, 2.05) is 23.5 Å². The minimum Gasteiger partial charge on any atom is -0.356 e. The Hall–Kier alpha value is -1.88. The summed E-state index contributed by atoms with van der Waals surface area (Å²) in [7, 11) is 1.74. The van der Waals surface area contributed by atoms with Crippen molar-refractivity contribution in [1.82, 2.24) is 10.6 Å². The lowest BCUT2D eigenvalue weighted by Crippen LogP contribution is -2.37. The number of rotatable bonds is 6. The van der Waals surface area contributed by atoms with Crippen molar-refractivity contribution in [3.05, 3.63) is 57.5 Å². The van der Waals surface area contributed by atoms with Crippen molar-refractivity contribution in [2.24, 2.45) is 4.99 Å². The molecule has 2 rings (SSSR count). The van der Waals surface area contributed by atoms with Crippen LogP contribution in [-0.2, 0) is 19.4 Å². The quantitative estimate of drug-likeness (QED) is 0.633. The molecule has 0 bridgehead atoms. The third-order valence-electron chi connectivity index (χ3n) is 3.36. The zero-order chi connectivity index (χ0) is 15.8. The van der Waals surface area contributed by atoms with Gasteiger partial charge in [-0.2, -0.15) is 0 Å². The van der Waals surface area contributed by atoms with Gasteiger partial charge in [0.1, 0.15) is 5.82 Å². The second-order valence-corrected chi connectivity index (χ2v) is 6.17. The summed E-state index contributed by atoms with van der Waals surface area (Å²) in [4.78, 5) is 6.86. The molecule has 1 heterocycles. The van der Waals surface area contributed by atoms with Crippen LogP contribution in [0.15, 0.2) is 41.4 Å². The molecule has 0 saturated heterocycles. The summed E-state index contributed by atoms with van der Waals surface area (Å²) in [6.45, 7) is 3.56. The molecule has 0 aliphatic rings. The van der Waals surface area contributed by atoms with Crippen LogP contribution in [0.1, 0.15) is 22.2 Å². The highest BCUT2D eigenvalue weighted by Gasteiger charge is 2.03. The highest BCUT2D eigenvalue weighted by atomic mass is 32.1. The summed E-state index contributed by atoms with van der Waals surface area (Å²) in [5, 5.41) is 6.49. The molecule has 0 atom stereocenters. The van der Waals surface area contributed by atoms with Crippen molar-refractivity contribution in [1.29, 1.82) is 0 Å². The van der Waals surface area contributed by atoms with Gasteiger partial charge in [-0.05, 0) is 36.6 Å². The predicted molar refractivity (Wildman–Crippen MR) is 92.0 cm³/mol. The van der Waals surface area contributed by atoms with Crippen LogP contribution in [-0.4, -0.2) is 19.6 Å². The Kier molecular flexibility index (Phi) is 6.40. The number of benzene rings is 1. The van der Waals surface area contributed by atoms with Crippen LogP contribution in [0.25, 0.3) is 0 Å². The summed E-state index contributed by atoms with van der Waals surface area (Å²) in [6.07, 6.45) is 1.70. The van der Waals surface area contributed by atoms with Gasteiger partial charge in [-0.25, -0.2) is 4.39 Å². The topological polar surface area (TPSA) is 36.4 Å². The molecular formula is C17H22FN3S. The first kappa shape index (κ1) is 16.5. The molecule has 22 heavy (non-hydrogen) atoms. The molecule has 0 unspecified atom stereocenters. The van der Waals surface area contributed by atoms with Crippen molar-refractivity contribution < 1.29 is 4.39 Å². The molecule has 5 heteroatoms. The van der Waals surface area contributed by atoms with Gasteiger partial charge in [0, 0.05) is 23.3 Å². The molecule has 2 aromatic rings. The fraction of sp³-hybridized carbons (Fsp3) is 0.353. The van der Waals surface area contributed by atoms with Crippen molar-refractivity contribution in [2.45, 2.75) is 26.3 Å². The number of aliphatic imine (C=N–C) groups is 1. The van der Waals surface area contributed by atoms with Crippen molar-refractivity contribution in [3.63, 3.8) is 0 Å². The third kappa shape index (κ3) is 4.84. The van der Waals surface area contributed by atoms with Crippen LogP contribution < -0.4 is 10.6 Å². The smallest absolute Gasteiger partial charge is 0.191 e. The monoisotopic (exact) mass is 319 g/mol. The fourth-order valence-electron chi connectivity index (χ4n) is 2.12. The molecule has 0 fully saturated rings. The Morgan fingerprint density at radius 2 is 1.91 bits per heavy atom. The first-order valence-corrected chi connectivity index (χ1v) is 8.30. The maximum atomic E-state index is 13.5. The van der Waals surface area contributed by atoms with E-state index in [-0.39, 0.29) is 5.82 Å². The molecule has 0 aliphatic carbocycles. The van der Waals surface area contributed by atoms with Gasteiger partial charge in [0.2, 0.25) is 0 Å². The minimum atomic E-state index is -0.155. The minimum absolute atomic E-state index is 0.155. The Bertz CT molecular complexity index is 622. The summed E-state index contributed by atoms with van der Waals surface area (Å²) in [5.41, 5.74) is 0.719. The number of nitrogens with zero attached hydrogens (tertiary/aromatic N) is 1. The summed E-state index contributed by atoms with van der Waals surface area (Å²) in [5.74, 6) is 0.584. The lowest BCUT2D eigenvalue weighted by atomic mass is 10.1. The Balaban J connectivity index is 1.77. The Morgan fingerprint density at radius 3 is 2.59 bits per heavy atom. The van der Waals surface area contributed by atoms with Gasteiger partial charge in [-0.15, -0.1) is 11.3 Å². The van der Waals surface area contributed by atoms with Gasteiger partial charge in [-0.3, -0.25) is 4.99 Å². The van der Waals surface area contributed by atoms with E-state index in [4.69, 9.17) is 0 Å². The number of nitrogens with one attached hydrogen (secondary N) is 2. The molecule has 0 aliphatic heterocycles. The molecular weight excluding hydrogens is 297 g/mol. The van der Waals surface area contributed by atoms with Crippen LogP contribution in [0.5, 0.6) is 0 Å². The summed E-state index contributed by atoms with van der Waals surface area (Å²) >= 11 is 1.81. The van der Waals surface area contributed by atoms with Crippen LogP contribution >= 0.6 is 11.3 Å². The number of guanidine groups is 1. The van der Waals surface area contributed by atoms with E-state index in [0.29, 0.717) is 13.0 Å². The Labute approximate surface area is 135 Å². The van der Waals surface area contributed by atoms with Crippen molar-refractivity contribution in [2.75, 3.05) is 13.6 Å². The molecule has 3 nitrogen and oxygen atoms in total. The van der Waals surface area contributed by atoms with Crippen LogP contribution in [0.3, 0.4) is 0 Å². The molecule has 0 spiro atoms. The molecule has 2 N–H and O–H groups in total. The molecule has 0 saturated carbocycles. The van der Waals surface area contributed by atoms with Crippen LogP contribution in [0.2, 0.25) is 0 Å². The van der Waals surface area contributed by atoms with E-state index in [1.54, 1.807) is 13.1 Å². The van der Waals surface area contributed by atoms with Crippen molar-refractivity contribution in [3.8, 4) is 0 Å². The SMILES string of the molecule is CCc1ccc(CNC(=NC)NCCc2ccccc2F)s1. The van der Waals surface area contributed by atoms with Gasteiger partial charge < -0.3 is 10.6 Å². The maximum Gasteiger partial charge on any atom is 0.191 e. The molecule has 0 amide bonds. The Morgan fingerprint density at radius 1 is 1.14 bits per heavy atom. The third-order valence-corrected chi connectivity index (χ3v) is 4.59. The normalized spacial score (nSPS) is 11.5. The number of thiophene rings is 1. The van der Waals surface area contributed by atoms with Crippen LogP contribution in [0.4, 0.5) is 4.39 Å². The van der Waals surface area contributed by atoms with E-state index in [0.717, 1.165) is 24.5 Å². The lowest BCUT2D eigenvalue weighted by Gasteiger charge is -2.11. The standard InChI is InChI=1S/C17H22FN3S/c1-3-14-8-9-15(22-14)12-21-17(19-2)20-11-10-13-6-4-5-7-16(13)18/h4-9H,3,10-12H2,1-2H3,(H2,19,20,21). The predicted octanol–water partition coefficient (Wildman–Crippen LogP) is 3.36. The highest BCUT2D eigenvalue weighted by Crippen LogP contribution is 2.16. The first-order valence-electron chi connectivity index (χ1n) is 7.48. The van der Waals surface area contributed by atoms with Gasteiger partial charge in [-0.1, -0.05) is 25.1 Å². The zero-order valence-electron chi connectivity index (χ0n) is 13.0. The average Bonchev–Trinajstić information content (AvgIpc) is 3.00. The zero-order valence-corrected chi connectivity index (χ0v) is 13.8. The maximum absolute atomic E-state index is 13.5. The molecule has 1 aromatic heterocycles. The molecule has 118 valence electrons. The second kappa shape index (κ2) is 8.54. The molecule has 1 aromatic carbocycles. The van der Waals surface area contributed by atoms with E-state index >= 15 is 0 Å². The van der Waals surface area contributed by atoms with Gasteiger partial charge in [0.25, 0.3) is 0 Å². The van der Waals surface area contributed by atoms with E-state index in [9.17, 15) is 4.39 Å². The van der Waals surface area contributed by atoms with Crippen LogP contribution in [0, 0.1) is 5.82 Å². The van der Waals surface area contributed by atoms with Gasteiger partial charge in [0.15, 0.2) is 5.96 Å². The largest absolute Gasteiger partial charge is 0.356 e. The number of hydrogen-bond donors (Lipinski definition) is 2. The van der Waals surface area contributed by atoms with E-state index < -0.39 is 0 Å². The van der Waals surface area contributed by atoms with Crippen molar-refractivity contribution >= 4 is 17.3 Å².